The maximum Gasteiger partial charge on any atom is 0.307 e. The van der Waals surface area contributed by atoms with Crippen LogP contribution in [0, 0.1) is 6.92 Å². The van der Waals surface area contributed by atoms with E-state index in [9.17, 15) is 4.79 Å². The normalized spacial score (nSPS) is 11.2. The summed E-state index contributed by atoms with van der Waals surface area (Å²) in [6.45, 7) is 4.98. The Bertz CT molecular complexity index is 1320. The highest BCUT2D eigenvalue weighted by Gasteiger charge is 2.13. The summed E-state index contributed by atoms with van der Waals surface area (Å²) in [5.74, 6) is 1.14. The third kappa shape index (κ3) is 5.87. The molecule has 0 bridgehead atoms. The largest absolute Gasteiger partial charge is 0.494 e. The zero-order chi connectivity index (χ0) is 24.1. The van der Waals surface area contributed by atoms with Gasteiger partial charge in [-0.2, -0.15) is 5.10 Å². The van der Waals surface area contributed by atoms with Crippen molar-refractivity contribution >= 4 is 55.0 Å². The van der Waals surface area contributed by atoms with Crippen molar-refractivity contribution in [3.8, 4) is 11.5 Å². The van der Waals surface area contributed by atoms with Gasteiger partial charge in [0.2, 0.25) is 0 Å². The molecule has 1 aromatic heterocycles. The number of halogens is 2. The summed E-state index contributed by atoms with van der Waals surface area (Å²) in [4.78, 5) is 12.5. The molecule has 1 N–H and O–H groups in total. The number of amides is 1. The molecule has 0 radical (unpaired) electrons. The summed E-state index contributed by atoms with van der Waals surface area (Å²) in [6, 6.07) is 19.0. The van der Waals surface area contributed by atoms with E-state index in [1.54, 1.807) is 24.4 Å². The smallest absolute Gasteiger partial charge is 0.307 e. The van der Waals surface area contributed by atoms with Gasteiger partial charge in [0.1, 0.15) is 23.7 Å². The summed E-state index contributed by atoms with van der Waals surface area (Å²) in [5, 5.41) is 4.84. The fourth-order valence-corrected chi connectivity index (χ4v) is 4.69. The van der Waals surface area contributed by atoms with Crippen LogP contribution in [-0.2, 0) is 6.61 Å². The van der Waals surface area contributed by atoms with Crippen LogP contribution in [0.4, 0.5) is 0 Å². The van der Waals surface area contributed by atoms with Gasteiger partial charge in [0.25, 0.3) is 0 Å². The molecule has 0 aliphatic heterocycles. The summed E-state index contributed by atoms with van der Waals surface area (Å²) in [5.41, 5.74) is 6.16. The minimum Gasteiger partial charge on any atom is -0.494 e. The van der Waals surface area contributed by atoms with Crippen LogP contribution in [0.3, 0.4) is 0 Å². The third-order valence-electron chi connectivity index (χ3n) is 4.93. The average molecular weight is 586 g/mol. The van der Waals surface area contributed by atoms with Crippen LogP contribution >= 0.6 is 31.9 Å². The first-order valence-corrected chi connectivity index (χ1v) is 12.2. The molecule has 0 unspecified atom stereocenters. The Kier molecular flexibility index (Phi) is 7.70. The van der Waals surface area contributed by atoms with Crippen molar-refractivity contribution < 1.29 is 18.7 Å². The van der Waals surface area contributed by atoms with Crippen molar-refractivity contribution in [2.45, 2.75) is 20.5 Å². The van der Waals surface area contributed by atoms with E-state index in [2.05, 4.69) is 61.4 Å². The first kappa shape index (κ1) is 24.0. The van der Waals surface area contributed by atoms with Gasteiger partial charge in [-0.25, -0.2) is 5.43 Å². The fraction of sp³-hybridized carbons (Fsp3) is 0.154. The molecule has 1 amide bonds. The second-order valence-electron chi connectivity index (χ2n) is 7.53. The first-order valence-electron chi connectivity index (χ1n) is 10.6. The zero-order valence-corrected chi connectivity index (χ0v) is 21.8. The lowest BCUT2D eigenvalue weighted by Crippen LogP contribution is -2.16. The predicted octanol–water partition coefficient (Wildman–Crippen LogP) is 7.01. The van der Waals surface area contributed by atoms with Crippen LogP contribution in [0.2, 0.25) is 0 Å². The van der Waals surface area contributed by atoms with Crippen LogP contribution in [-0.4, -0.2) is 18.7 Å². The molecule has 0 saturated carbocycles. The molecule has 0 atom stereocenters. The number of benzene rings is 3. The summed E-state index contributed by atoms with van der Waals surface area (Å²) in [7, 11) is 0. The lowest BCUT2D eigenvalue weighted by molar-refractivity contribution is 0.0929. The van der Waals surface area contributed by atoms with Gasteiger partial charge in [0.15, 0.2) is 5.76 Å². The molecular weight excluding hydrogens is 564 g/mol. The van der Waals surface area contributed by atoms with Crippen LogP contribution in [0.5, 0.6) is 11.5 Å². The average Bonchev–Trinajstić information content (AvgIpc) is 3.23. The molecule has 1 heterocycles. The number of nitrogens with one attached hydrogen (secondary N) is 1. The first-order chi connectivity index (χ1) is 16.4. The monoisotopic (exact) mass is 584 g/mol. The summed E-state index contributed by atoms with van der Waals surface area (Å²) < 4.78 is 18.6. The molecule has 0 fully saturated rings. The Morgan fingerprint density at radius 3 is 2.47 bits per heavy atom. The number of hydrogen-bond donors (Lipinski definition) is 1. The van der Waals surface area contributed by atoms with E-state index in [-0.39, 0.29) is 5.76 Å². The van der Waals surface area contributed by atoms with Gasteiger partial charge in [-0.05, 0) is 93.2 Å². The number of aryl methyl sites for hydroxylation is 1. The fourth-order valence-electron chi connectivity index (χ4n) is 3.24. The maximum absolute atomic E-state index is 12.5. The Labute approximate surface area is 214 Å². The molecule has 174 valence electrons. The molecule has 4 aromatic rings. The lowest BCUT2D eigenvalue weighted by Gasteiger charge is -2.11. The highest BCUT2D eigenvalue weighted by molar-refractivity contribution is 9.11. The van der Waals surface area contributed by atoms with Crippen LogP contribution in [0.25, 0.3) is 11.0 Å². The number of nitrogens with zero attached hydrogens (tertiary/aromatic N) is 1. The van der Waals surface area contributed by atoms with Gasteiger partial charge >= 0.3 is 5.91 Å². The van der Waals surface area contributed by atoms with Gasteiger partial charge in [-0.15, -0.1) is 0 Å². The second-order valence-corrected chi connectivity index (χ2v) is 9.24. The number of furan rings is 1. The van der Waals surface area contributed by atoms with Crippen molar-refractivity contribution in [3.05, 3.63) is 92.1 Å². The van der Waals surface area contributed by atoms with Gasteiger partial charge in [-0.3, -0.25) is 4.79 Å². The van der Waals surface area contributed by atoms with Crippen LogP contribution in [0.15, 0.2) is 79.1 Å². The summed E-state index contributed by atoms with van der Waals surface area (Å²) in [6.07, 6.45) is 1.55. The predicted molar refractivity (Wildman–Crippen MR) is 140 cm³/mol. The van der Waals surface area contributed by atoms with Crippen molar-refractivity contribution in [3.63, 3.8) is 0 Å². The SMILES string of the molecule is CCOc1ccc2oc(C(=O)N/N=C/c3cc(Br)c(OCc4ccc(C)cc4)c(Br)c3)cc2c1. The van der Waals surface area contributed by atoms with Gasteiger partial charge in [0.05, 0.1) is 21.8 Å². The number of fused-ring (bicyclic) bond motifs is 1. The highest BCUT2D eigenvalue weighted by atomic mass is 79.9. The van der Waals surface area contributed by atoms with E-state index in [0.29, 0.717) is 24.5 Å². The van der Waals surface area contributed by atoms with E-state index in [0.717, 1.165) is 31.2 Å². The molecule has 0 aliphatic carbocycles. The molecule has 0 saturated heterocycles. The molecule has 3 aromatic carbocycles. The number of carbonyl (C=O) groups excluding carboxylic acids is 1. The molecule has 0 aliphatic rings. The van der Waals surface area contributed by atoms with Crippen molar-refractivity contribution in [1.82, 2.24) is 5.43 Å². The molecular formula is C26H22Br2N2O4. The molecule has 4 rings (SSSR count). The minimum atomic E-state index is -0.443. The lowest BCUT2D eigenvalue weighted by atomic mass is 10.2. The number of rotatable bonds is 8. The van der Waals surface area contributed by atoms with Gasteiger partial charge in [-0.1, -0.05) is 29.8 Å². The van der Waals surface area contributed by atoms with E-state index in [1.807, 2.05) is 37.3 Å². The zero-order valence-electron chi connectivity index (χ0n) is 18.6. The van der Waals surface area contributed by atoms with E-state index in [4.69, 9.17) is 13.9 Å². The van der Waals surface area contributed by atoms with Gasteiger partial charge in [0, 0.05) is 5.39 Å². The molecule has 6 nitrogen and oxygen atoms in total. The standard InChI is InChI=1S/C26H22Br2N2O4/c1-3-32-20-8-9-23-19(12-20)13-24(34-23)26(31)30-29-14-18-10-21(27)25(22(28)11-18)33-15-17-6-4-16(2)5-7-17/h4-14H,3,15H2,1-2H3,(H,30,31)/b29-14+. The van der Waals surface area contributed by atoms with E-state index >= 15 is 0 Å². The second kappa shape index (κ2) is 10.9. The number of carbonyl (C=O) groups is 1. The highest BCUT2D eigenvalue weighted by Crippen LogP contribution is 2.35. The van der Waals surface area contributed by atoms with E-state index in [1.165, 1.54) is 5.56 Å². The number of ether oxygens (including phenoxy) is 2. The molecule has 34 heavy (non-hydrogen) atoms. The van der Waals surface area contributed by atoms with Crippen LogP contribution in [0.1, 0.15) is 34.2 Å². The summed E-state index contributed by atoms with van der Waals surface area (Å²) >= 11 is 7.10. The Balaban J connectivity index is 1.39. The van der Waals surface area contributed by atoms with Crippen molar-refractivity contribution in [1.29, 1.82) is 0 Å². The van der Waals surface area contributed by atoms with Crippen LogP contribution < -0.4 is 14.9 Å². The quantitative estimate of drug-likeness (QED) is 0.178. The molecule has 8 heteroatoms. The van der Waals surface area contributed by atoms with Crippen molar-refractivity contribution in [2.75, 3.05) is 6.61 Å². The van der Waals surface area contributed by atoms with Gasteiger partial charge < -0.3 is 13.9 Å². The maximum atomic E-state index is 12.5. The Hall–Kier alpha value is -3.10. The van der Waals surface area contributed by atoms with Crippen molar-refractivity contribution in [2.24, 2.45) is 5.10 Å². The number of hydrogen-bond acceptors (Lipinski definition) is 5. The third-order valence-corrected chi connectivity index (χ3v) is 6.10. The minimum absolute atomic E-state index is 0.169. The Morgan fingerprint density at radius 2 is 1.76 bits per heavy atom. The molecule has 0 spiro atoms. The number of hydrazone groups is 1. The topological polar surface area (TPSA) is 73.1 Å². The Morgan fingerprint density at radius 1 is 1.03 bits per heavy atom. The van der Waals surface area contributed by atoms with E-state index < -0.39 is 5.91 Å².